The van der Waals surface area contributed by atoms with E-state index in [1.807, 2.05) is 19.9 Å². The van der Waals surface area contributed by atoms with Crippen LogP contribution in [0.2, 0.25) is 10.0 Å². The maximum Gasteiger partial charge on any atom is 0.307 e. The van der Waals surface area contributed by atoms with E-state index < -0.39 is 16.0 Å². The van der Waals surface area contributed by atoms with Crippen LogP contribution in [0.3, 0.4) is 0 Å². The van der Waals surface area contributed by atoms with Gasteiger partial charge in [-0.1, -0.05) is 45.2 Å². The Bertz CT molecular complexity index is 1260. The first-order valence-corrected chi connectivity index (χ1v) is 13.6. The minimum absolute atomic E-state index is 0.00796. The molecular weight excluding hydrogens is 577 g/mol. The van der Waals surface area contributed by atoms with Crippen molar-refractivity contribution < 1.29 is 22.7 Å². The van der Waals surface area contributed by atoms with E-state index in [1.54, 1.807) is 42.5 Å². The third-order valence-corrected chi connectivity index (χ3v) is 7.67. The van der Waals surface area contributed by atoms with Crippen molar-refractivity contribution in [2.45, 2.75) is 25.2 Å². The molecule has 0 saturated carbocycles. The molecule has 0 radical (unpaired) electrons. The van der Waals surface area contributed by atoms with Crippen molar-refractivity contribution in [2.75, 3.05) is 24.1 Å². The number of aryl methyl sites for hydroxylation is 2. The van der Waals surface area contributed by atoms with E-state index in [2.05, 4.69) is 15.9 Å². The Morgan fingerprint density at radius 1 is 0.914 bits per heavy atom. The van der Waals surface area contributed by atoms with Gasteiger partial charge < -0.3 is 9.47 Å². The molecule has 10 heteroatoms. The normalized spacial score (nSPS) is 11.2. The third kappa shape index (κ3) is 7.87. The molecular formula is C25H24BrCl2NO5S. The Labute approximate surface area is 223 Å². The number of carbonyl (C=O) groups excluding carboxylic acids is 1. The van der Waals surface area contributed by atoms with Crippen LogP contribution in [0.4, 0.5) is 5.69 Å². The number of hydrogen-bond donors (Lipinski definition) is 0. The second kappa shape index (κ2) is 12.1. The van der Waals surface area contributed by atoms with E-state index in [0.29, 0.717) is 21.5 Å². The number of anilines is 1. The molecule has 3 aromatic rings. The Kier molecular flexibility index (Phi) is 9.47. The quantitative estimate of drug-likeness (QED) is 0.194. The lowest BCUT2D eigenvalue weighted by atomic mass is 10.1. The number of esters is 1. The van der Waals surface area contributed by atoms with Crippen LogP contribution >= 0.6 is 39.1 Å². The molecule has 0 amide bonds. The topological polar surface area (TPSA) is 72.9 Å². The molecule has 0 saturated heterocycles. The molecule has 0 unspecified atom stereocenters. The summed E-state index contributed by atoms with van der Waals surface area (Å²) in [6.07, 6.45) is -0.133. The number of ether oxygens (including phenoxy) is 2. The van der Waals surface area contributed by atoms with Crippen molar-refractivity contribution in [1.82, 2.24) is 0 Å². The second-order valence-corrected chi connectivity index (χ2v) is 11.5. The van der Waals surface area contributed by atoms with E-state index in [0.717, 1.165) is 15.6 Å². The van der Waals surface area contributed by atoms with Crippen LogP contribution in [0, 0.1) is 13.8 Å². The van der Waals surface area contributed by atoms with Gasteiger partial charge in [-0.05, 0) is 79.6 Å². The highest BCUT2D eigenvalue weighted by molar-refractivity contribution is 9.10. The number of hydrogen-bond acceptors (Lipinski definition) is 5. The SMILES string of the molecule is Cc1cc(C)cc(N(CCC(=O)OCCOc2cc(Cl)cc(Cl)c2)S(=O)(=O)c2ccc(Br)cc2)c1. The molecule has 0 atom stereocenters. The standard InChI is InChI=1S/C25H24BrCl2NO5S/c1-17-11-18(2)13-22(12-17)29(35(31,32)24-5-3-19(26)4-6-24)8-7-25(30)34-10-9-33-23-15-20(27)14-21(28)16-23/h3-6,11-16H,7-10H2,1-2H3. The molecule has 0 spiro atoms. The van der Waals surface area contributed by atoms with E-state index >= 15 is 0 Å². The summed E-state index contributed by atoms with van der Waals surface area (Å²) in [5.41, 5.74) is 2.31. The van der Waals surface area contributed by atoms with Crippen LogP contribution in [0.25, 0.3) is 0 Å². The summed E-state index contributed by atoms with van der Waals surface area (Å²) in [6, 6.07) is 16.7. The smallest absolute Gasteiger partial charge is 0.307 e. The Hall–Kier alpha value is -2.26. The molecule has 0 aliphatic heterocycles. The highest BCUT2D eigenvalue weighted by atomic mass is 79.9. The molecule has 6 nitrogen and oxygen atoms in total. The third-order valence-electron chi connectivity index (χ3n) is 4.87. The fourth-order valence-corrected chi connectivity index (χ4v) is 5.63. The average Bonchev–Trinajstić information content (AvgIpc) is 2.76. The molecule has 3 aromatic carbocycles. The van der Waals surface area contributed by atoms with Crippen molar-refractivity contribution in [3.63, 3.8) is 0 Å². The Morgan fingerprint density at radius 3 is 2.11 bits per heavy atom. The molecule has 0 bridgehead atoms. The van der Waals surface area contributed by atoms with Gasteiger partial charge in [0.1, 0.15) is 19.0 Å². The lowest BCUT2D eigenvalue weighted by Gasteiger charge is -2.25. The minimum Gasteiger partial charge on any atom is -0.490 e. The van der Waals surface area contributed by atoms with Crippen molar-refractivity contribution in [2.24, 2.45) is 0 Å². The number of rotatable bonds is 10. The predicted molar refractivity (Wildman–Crippen MR) is 142 cm³/mol. The molecule has 0 fully saturated rings. The fraction of sp³-hybridized carbons (Fsp3) is 0.240. The highest BCUT2D eigenvalue weighted by Crippen LogP contribution is 2.27. The molecule has 35 heavy (non-hydrogen) atoms. The summed E-state index contributed by atoms with van der Waals surface area (Å²) in [5, 5.41) is 0.867. The van der Waals surface area contributed by atoms with Gasteiger partial charge >= 0.3 is 5.97 Å². The Balaban J connectivity index is 1.67. The number of halogens is 3. The Morgan fingerprint density at radius 2 is 1.51 bits per heavy atom. The molecule has 0 N–H and O–H groups in total. The predicted octanol–water partition coefficient (Wildman–Crippen LogP) is 6.58. The van der Waals surface area contributed by atoms with Gasteiger partial charge in [-0.25, -0.2) is 8.42 Å². The van der Waals surface area contributed by atoms with E-state index in [1.165, 1.54) is 16.4 Å². The summed E-state index contributed by atoms with van der Waals surface area (Å²) in [7, 11) is -3.91. The molecule has 0 aliphatic carbocycles. The van der Waals surface area contributed by atoms with Crippen LogP contribution in [0.5, 0.6) is 5.75 Å². The van der Waals surface area contributed by atoms with Crippen LogP contribution in [-0.2, 0) is 19.6 Å². The first-order valence-electron chi connectivity index (χ1n) is 10.7. The van der Waals surface area contributed by atoms with Crippen LogP contribution < -0.4 is 9.04 Å². The number of benzene rings is 3. The maximum atomic E-state index is 13.5. The van der Waals surface area contributed by atoms with Crippen molar-refractivity contribution in [3.05, 3.63) is 86.3 Å². The van der Waals surface area contributed by atoms with Crippen LogP contribution in [0.15, 0.2) is 70.0 Å². The zero-order chi connectivity index (χ0) is 25.6. The second-order valence-electron chi connectivity index (χ2n) is 7.80. The molecule has 0 heterocycles. The summed E-state index contributed by atoms with van der Waals surface area (Å²) in [6.45, 7) is 3.79. The average molecular weight is 601 g/mol. The largest absolute Gasteiger partial charge is 0.490 e. The van der Waals surface area contributed by atoms with Gasteiger partial charge in [-0.2, -0.15) is 0 Å². The van der Waals surface area contributed by atoms with Crippen molar-refractivity contribution in [3.8, 4) is 5.75 Å². The number of nitrogens with zero attached hydrogens (tertiary/aromatic N) is 1. The maximum absolute atomic E-state index is 13.5. The fourth-order valence-electron chi connectivity index (χ4n) is 3.41. The van der Waals surface area contributed by atoms with Crippen LogP contribution in [-0.4, -0.2) is 34.1 Å². The summed E-state index contributed by atoms with van der Waals surface area (Å²) in [4.78, 5) is 12.5. The molecule has 0 aromatic heterocycles. The van der Waals surface area contributed by atoms with Gasteiger partial charge in [-0.3, -0.25) is 9.10 Å². The van der Waals surface area contributed by atoms with Gasteiger partial charge in [-0.15, -0.1) is 0 Å². The van der Waals surface area contributed by atoms with Crippen molar-refractivity contribution in [1.29, 1.82) is 0 Å². The van der Waals surface area contributed by atoms with Gasteiger partial charge in [0, 0.05) is 21.1 Å². The summed E-state index contributed by atoms with van der Waals surface area (Å²) >= 11 is 15.2. The summed E-state index contributed by atoms with van der Waals surface area (Å²) < 4.78 is 39.7. The molecule has 0 aliphatic rings. The first kappa shape index (κ1) is 27.3. The van der Waals surface area contributed by atoms with E-state index in [-0.39, 0.29) is 31.1 Å². The molecule has 186 valence electrons. The minimum atomic E-state index is -3.91. The van der Waals surface area contributed by atoms with Gasteiger partial charge in [0.05, 0.1) is 17.0 Å². The zero-order valence-electron chi connectivity index (χ0n) is 19.1. The number of sulfonamides is 1. The van der Waals surface area contributed by atoms with Gasteiger partial charge in [0.2, 0.25) is 0 Å². The highest BCUT2D eigenvalue weighted by Gasteiger charge is 2.26. The van der Waals surface area contributed by atoms with E-state index in [4.69, 9.17) is 32.7 Å². The molecule has 3 rings (SSSR count). The summed E-state index contributed by atoms with van der Waals surface area (Å²) in [5.74, 6) is -0.0850. The monoisotopic (exact) mass is 599 g/mol. The first-order chi connectivity index (χ1) is 16.5. The van der Waals surface area contributed by atoms with Gasteiger partial charge in [0.25, 0.3) is 10.0 Å². The zero-order valence-corrected chi connectivity index (χ0v) is 23.0. The lowest BCUT2D eigenvalue weighted by Crippen LogP contribution is -2.33. The van der Waals surface area contributed by atoms with Crippen LogP contribution in [0.1, 0.15) is 17.5 Å². The lowest BCUT2D eigenvalue weighted by molar-refractivity contribution is -0.144. The van der Waals surface area contributed by atoms with Gasteiger partial charge in [0.15, 0.2) is 0 Å². The van der Waals surface area contributed by atoms with E-state index in [9.17, 15) is 13.2 Å². The van der Waals surface area contributed by atoms with Crippen molar-refractivity contribution >= 4 is 60.8 Å². The number of carbonyl (C=O) groups is 1.